The Hall–Kier alpha value is -2.35. The van der Waals surface area contributed by atoms with Crippen LogP contribution in [0.4, 0.5) is 0 Å². The van der Waals surface area contributed by atoms with Gasteiger partial charge in [-0.1, -0.05) is 42.5 Å². The van der Waals surface area contributed by atoms with Crippen LogP contribution in [0, 0.1) is 13.8 Å². The van der Waals surface area contributed by atoms with Crippen molar-refractivity contribution < 1.29 is 4.79 Å². The molecule has 0 aliphatic rings. The maximum absolute atomic E-state index is 11.5. The Bertz CT molecular complexity index is 754. The third kappa shape index (κ3) is 1.76. The summed E-state index contributed by atoms with van der Waals surface area (Å²) in [6, 6.07) is 14.1. The van der Waals surface area contributed by atoms with E-state index in [1.807, 2.05) is 37.3 Å². The minimum absolute atomic E-state index is 0.752. The van der Waals surface area contributed by atoms with E-state index < -0.39 is 0 Å². The van der Waals surface area contributed by atoms with Gasteiger partial charge < -0.3 is 4.98 Å². The zero-order valence-corrected chi connectivity index (χ0v) is 11.0. The number of aromatic amines is 1. The monoisotopic (exact) mass is 249 g/mol. The summed E-state index contributed by atoms with van der Waals surface area (Å²) in [5.74, 6) is 0. The van der Waals surface area contributed by atoms with Gasteiger partial charge in [-0.05, 0) is 30.5 Å². The van der Waals surface area contributed by atoms with Gasteiger partial charge in [0.15, 0.2) is 6.29 Å². The van der Waals surface area contributed by atoms with Crippen molar-refractivity contribution in [2.75, 3.05) is 0 Å². The lowest BCUT2D eigenvalue weighted by atomic mass is 10.0. The number of aldehydes is 1. The van der Waals surface area contributed by atoms with E-state index in [1.54, 1.807) is 0 Å². The molecule has 1 N–H and O–H groups in total. The highest BCUT2D eigenvalue weighted by molar-refractivity contribution is 6.06. The van der Waals surface area contributed by atoms with Gasteiger partial charge in [-0.3, -0.25) is 4.79 Å². The second kappa shape index (κ2) is 4.39. The van der Waals surface area contributed by atoms with E-state index in [2.05, 4.69) is 24.0 Å². The van der Waals surface area contributed by atoms with Crippen molar-refractivity contribution in [1.82, 2.24) is 4.98 Å². The third-order valence-electron chi connectivity index (χ3n) is 3.59. The molecule has 19 heavy (non-hydrogen) atoms. The average Bonchev–Trinajstić information content (AvgIpc) is 2.84. The first kappa shape index (κ1) is 11.7. The first-order valence-corrected chi connectivity index (χ1v) is 6.35. The molecule has 0 aliphatic heterocycles. The molecule has 0 atom stereocenters. The number of aromatic nitrogens is 1. The lowest BCUT2D eigenvalue weighted by Gasteiger charge is -2.00. The first-order valence-electron chi connectivity index (χ1n) is 6.35. The van der Waals surface area contributed by atoms with Crippen LogP contribution in [0.2, 0.25) is 0 Å². The van der Waals surface area contributed by atoms with Crippen LogP contribution in [0.1, 0.15) is 21.5 Å². The number of carbonyl (C=O) groups excluding carboxylic acids is 1. The molecule has 0 bridgehead atoms. The molecule has 0 saturated heterocycles. The molecule has 0 aliphatic carbocycles. The van der Waals surface area contributed by atoms with Crippen LogP contribution in [-0.4, -0.2) is 11.3 Å². The Labute approximate surface area is 112 Å². The fourth-order valence-electron chi connectivity index (χ4n) is 2.59. The second-order valence-electron chi connectivity index (χ2n) is 4.85. The van der Waals surface area contributed by atoms with Gasteiger partial charge in [0.05, 0.1) is 5.69 Å². The molecule has 1 heterocycles. The summed E-state index contributed by atoms with van der Waals surface area (Å²) < 4.78 is 0. The van der Waals surface area contributed by atoms with Crippen molar-refractivity contribution in [3.05, 3.63) is 59.2 Å². The molecule has 3 aromatic rings. The number of H-pyrrole nitrogens is 1. The van der Waals surface area contributed by atoms with E-state index >= 15 is 0 Å². The van der Waals surface area contributed by atoms with Crippen LogP contribution in [0.3, 0.4) is 0 Å². The van der Waals surface area contributed by atoms with Crippen molar-refractivity contribution in [3.8, 4) is 11.3 Å². The molecular weight excluding hydrogens is 234 g/mol. The van der Waals surface area contributed by atoms with E-state index in [0.29, 0.717) is 0 Å². The van der Waals surface area contributed by atoms with Gasteiger partial charge in [0.1, 0.15) is 0 Å². The van der Waals surface area contributed by atoms with Gasteiger partial charge in [-0.15, -0.1) is 0 Å². The van der Waals surface area contributed by atoms with Crippen molar-refractivity contribution in [1.29, 1.82) is 0 Å². The number of hydrogen-bond donors (Lipinski definition) is 1. The highest BCUT2D eigenvalue weighted by atomic mass is 16.1. The fourth-order valence-corrected chi connectivity index (χ4v) is 2.59. The molecule has 3 rings (SSSR count). The summed E-state index contributed by atoms with van der Waals surface area (Å²) in [5, 5.41) is 1.04. The van der Waals surface area contributed by atoms with Crippen LogP contribution in [0.15, 0.2) is 42.5 Å². The van der Waals surface area contributed by atoms with E-state index in [4.69, 9.17) is 0 Å². The molecule has 0 spiro atoms. The number of carbonyl (C=O) groups is 1. The molecule has 0 radical (unpaired) electrons. The van der Waals surface area contributed by atoms with Crippen molar-refractivity contribution in [3.63, 3.8) is 0 Å². The lowest BCUT2D eigenvalue weighted by molar-refractivity contribution is 0.112. The molecule has 2 nitrogen and oxygen atoms in total. The Morgan fingerprint density at radius 3 is 2.32 bits per heavy atom. The van der Waals surface area contributed by atoms with Gasteiger partial charge in [0, 0.05) is 16.5 Å². The molecule has 0 amide bonds. The van der Waals surface area contributed by atoms with Gasteiger partial charge in [0.2, 0.25) is 0 Å². The minimum Gasteiger partial charge on any atom is -0.354 e. The summed E-state index contributed by atoms with van der Waals surface area (Å²) in [4.78, 5) is 14.9. The molecule has 94 valence electrons. The largest absolute Gasteiger partial charge is 0.354 e. The average molecular weight is 249 g/mol. The van der Waals surface area contributed by atoms with E-state index in [1.165, 1.54) is 0 Å². The summed E-state index contributed by atoms with van der Waals surface area (Å²) in [5.41, 5.74) is 6.04. The number of benzene rings is 2. The lowest BCUT2D eigenvalue weighted by Crippen LogP contribution is -1.85. The Morgan fingerprint density at radius 1 is 0.947 bits per heavy atom. The van der Waals surface area contributed by atoms with Crippen LogP contribution in [0.25, 0.3) is 22.2 Å². The van der Waals surface area contributed by atoms with E-state index in [-0.39, 0.29) is 0 Å². The number of fused-ring (bicyclic) bond motifs is 1. The van der Waals surface area contributed by atoms with Crippen LogP contribution < -0.4 is 0 Å². The normalized spacial score (nSPS) is 10.8. The highest BCUT2D eigenvalue weighted by Crippen LogP contribution is 2.32. The molecule has 0 unspecified atom stereocenters. The Balaban J connectivity index is 2.42. The standard InChI is InChI=1S/C17H15NO/c1-11-8-9-12(2)16-15(11)14(10-19)17(18-16)13-6-4-3-5-7-13/h3-10,18H,1-2H3. The van der Waals surface area contributed by atoms with Gasteiger partial charge in [-0.2, -0.15) is 0 Å². The molecule has 1 aromatic heterocycles. The molecule has 0 fully saturated rings. The fraction of sp³-hybridized carbons (Fsp3) is 0.118. The molecule has 0 saturated carbocycles. The van der Waals surface area contributed by atoms with Crippen LogP contribution >= 0.6 is 0 Å². The zero-order chi connectivity index (χ0) is 13.4. The summed E-state index contributed by atoms with van der Waals surface area (Å²) in [6.45, 7) is 4.10. The Morgan fingerprint density at radius 2 is 1.63 bits per heavy atom. The maximum Gasteiger partial charge on any atom is 0.152 e. The predicted molar refractivity (Wildman–Crippen MR) is 78.6 cm³/mol. The highest BCUT2D eigenvalue weighted by Gasteiger charge is 2.15. The second-order valence-corrected chi connectivity index (χ2v) is 4.85. The van der Waals surface area contributed by atoms with E-state index in [9.17, 15) is 4.79 Å². The maximum atomic E-state index is 11.5. The quantitative estimate of drug-likeness (QED) is 0.676. The predicted octanol–water partition coefficient (Wildman–Crippen LogP) is 4.26. The Kier molecular flexibility index (Phi) is 2.71. The molecule has 2 heteroatoms. The molecule has 2 aromatic carbocycles. The number of aryl methyl sites for hydroxylation is 2. The van der Waals surface area contributed by atoms with Gasteiger partial charge in [-0.25, -0.2) is 0 Å². The third-order valence-corrected chi connectivity index (χ3v) is 3.59. The topological polar surface area (TPSA) is 32.9 Å². The van der Waals surface area contributed by atoms with Crippen molar-refractivity contribution >= 4 is 17.2 Å². The number of rotatable bonds is 2. The first-order chi connectivity index (χ1) is 9.22. The van der Waals surface area contributed by atoms with Gasteiger partial charge >= 0.3 is 0 Å². The summed E-state index contributed by atoms with van der Waals surface area (Å²) in [7, 11) is 0. The van der Waals surface area contributed by atoms with Crippen LogP contribution in [0.5, 0.6) is 0 Å². The SMILES string of the molecule is Cc1ccc(C)c2c(C=O)c(-c3ccccc3)[nH]c12. The van der Waals surface area contributed by atoms with E-state index in [0.717, 1.165) is 45.1 Å². The number of hydrogen-bond acceptors (Lipinski definition) is 1. The van der Waals surface area contributed by atoms with Crippen molar-refractivity contribution in [2.24, 2.45) is 0 Å². The summed E-state index contributed by atoms with van der Waals surface area (Å²) >= 11 is 0. The number of nitrogens with one attached hydrogen (secondary N) is 1. The molecular formula is C17H15NO. The summed E-state index contributed by atoms with van der Waals surface area (Å²) in [6.07, 6.45) is 0.952. The van der Waals surface area contributed by atoms with Crippen molar-refractivity contribution in [2.45, 2.75) is 13.8 Å². The van der Waals surface area contributed by atoms with Gasteiger partial charge in [0.25, 0.3) is 0 Å². The minimum atomic E-state index is 0.752. The smallest absolute Gasteiger partial charge is 0.152 e. The van der Waals surface area contributed by atoms with Crippen LogP contribution in [-0.2, 0) is 0 Å². The zero-order valence-electron chi connectivity index (χ0n) is 11.0.